The summed E-state index contributed by atoms with van der Waals surface area (Å²) in [5, 5.41) is 2.43. The second-order valence-electron chi connectivity index (χ2n) is 2.99. The Morgan fingerprint density at radius 2 is 2.21 bits per heavy atom. The minimum atomic E-state index is -0.471. The molecule has 0 bridgehead atoms. The molecule has 2 heterocycles. The van der Waals surface area contributed by atoms with Gasteiger partial charge in [-0.2, -0.15) is 0 Å². The van der Waals surface area contributed by atoms with Crippen molar-refractivity contribution in [1.82, 2.24) is 9.55 Å². The van der Waals surface area contributed by atoms with Crippen LogP contribution in [0.4, 0.5) is 5.95 Å². The number of carbonyl (C=O) groups is 2. The topological polar surface area (TPSA) is 81.1 Å². The number of aryl methyl sites for hydroxylation is 1. The van der Waals surface area contributed by atoms with Crippen LogP contribution in [0.5, 0.6) is 0 Å². The predicted molar refractivity (Wildman–Crippen MR) is 47.3 cm³/mol. The van der Waals surface area contributed by atoms with Gasteiger partial charge in [-0.3, -0.25) is 24.3 Å². The van der Waals surface area contributed by atoms with Gasteiger partial charge in [0.1, 0.15) is 12.1 Å². The van der Waals surface area contributed by atoms with E-state index in [4.69, 9.17) is 0 Å². The van der Waals surface area contributed by atoms with E-state index in [0.29, 0.717) is 12.0 Å². The summed E-state index contributed by atoms with van der Waals surface area (Å²) in [6.07, 6.45) is 0.459. The average molecular weight is 193 g/mol. The maximum absolute atomic E-state index is 11.6. The number of anilines is 1. The lowest BCUT2D eigenvalue weighted by Crippen LogP contribution is -2.24. The molecule has 0 atom stereocenters. The fourth-order valence-electron chi connectivity index (χ4n) is 1.36. The van der Waals surface area contributed by atoms with Crippen LogP contribution in [0, 0.1) is 6.92 Å². The van der Waals surface area contributed by atoms with E-state index in [0.717, 1.165) is 4.57 Å². The van der Waals surface area contributed by atoms with Crippen LogP contribution in [0.3, 0.4) is 0 Å². The van der Waals surface area contributed by atoms with E-state index in [1.807, 2.05) is 0 Å². The highest BCUT2D eigenvalue weighted by Crippen LogP contribution is 2.10. The zero-order valence-corrected chi connectivity index (χ0v) is 7.40. The second-order valence-corrected chi connectivity index (χ2v) is 2.99. The van der Waals surface area contributed by atoms with Gasteiger partial charge in [-0.05, 0) is 6.92 Å². The van der Waals surface area contributed by atoms with Crippen LogP contribution in [0.25, 0.3) is 0 Å². The Hall–Kier alpha value is -1.98. The number of nitrogens with zero attached hydrogens (tertiary/aromatic N) is 2. The summed E-state index contributed by atoms with van der Waals surface area (Å²) >= 11 is 0. The number of hydrogen-bond donors (Lipinski definition) is 1. The van der Waals surface area contributed by atoms with Crippen LogP contribution in [-0.2, 0) is 11.3 Å². The van der Waals surface area contributed by atoms with Crippen LogP contribution in [0.15, 0.2) is 4.79 Å². The summed E-state index contributed by atoms with van der Waals surface area (Å²) in [5.41, 5.74) is -0.135. The van der Waals surface area contributed by atoms with Gasteiger partial charge in [0.05, 0.1) is 5.69 Å². The van der Waals surface area contributed by atoms with Crippen molar-refractivity contribution >= 4 is 18.1 Å². The molecule has 0 aliphatic carbocycles. The van der Waals surface area contributed by atoms with Crippen molar-refractivity contribution in [3.63, 3.8) is 0 Å². The molecule has 0 fully saturated rings. The molecule has 1 N–H and O–H groups in total. The Balaban J connectivity index is 2.75. The minimum Gasteiger partial charge on any atom is -0.298 e. The van der Waals surface area contributed by atoms with E-state index >= 15 is 0 Å². The summed E-state index contributed by atoms with van der Waals surface area (Å²) < 4.78 is 1.15. The van der Waals surface area contributed by atoms with Crippen LogP contribution >= 0.6 is 0 Å². The molecule has 2 rings (SSSR count). The summed E-state index contributed by atoms with van der Waals surface area (Å²) in [5.74, 6) is -0.0832. The first-order chi connectivity index (χ1) is 6.63. The van der Waals surface area contributed by atoms with Gasteiger partial charge in [-0.1, -0.05) is 0 Å². The zero-order valence-electron chi connectivity index (χ0n) is 7.40. The first-order valence-electron chi connectivity index (χ1n) is 4.00. The molecular weight excluding hydrogens is 186 g/mol. The van der Waals surface area contributed by atoms with E-state index in [9.17, 15) is 14.4 Å². The van der Waals surface area contributed by atoms with Gasteiger partial charge in [0, 0.05) is 0 Å². The Morgan fingerprint density at radius 3 is 2.86 bits per heavy atom. The molecule has 0 saturated carbocycles. The van der Waals surface area contributed by atoms with Crippen LogP contribution in [0.1, 0.15) is 16.1 Å². The smallest absolute Gasteiger partial charge is 0.266 e. The molecule has 1 amide bonds. The molecule has 0 unspecified atom stereocenters. The molecule has 1 aromatic rings. The largest absolute Gasteiger partial charge is 0.298 e. The van der Waals surface area contributed by atoms with Crippen molar-refractivity contribution in [3.8, 4) is 0 Å². The maximum Gasteiger partial charge on any atom is 0.266 e. The van der Waals surface area contributed by atoms with Crippen LogP contribution in [-0.4, -0.2) is 21.7 Å². The molecule has 1 aromatic heterocycles. The second kappa shape index (κ2) is 2.76. The lowest BCUT2D eigenvalue weighted by Gasteiger charge is -2.02. The van der Waals surface area contributed by atoms with Gasteiger partial charge < -0.3 is 0 Å². The van der Waals surface area contributed by atoms with Crippen molar-refractivity contribution in [2.24, 2.45) is 0 Å². The van der Waals surface area contributed by atoms with Gasteiger partial charge in [0.2, 0.25) is 11.9 Å². The number of aldehydes is 1. The third-order valence-corrected chi connectivity index (χ3v) is 2.07. The van der Waals surface area contributed by atoms with Crippen molar-refractivity contribution in [2.75, 3.05) is 5.32 Å². The molecule has 72 valence electrons. The number of aromatic nitrogens is 2. The lowest BCUT2D eigenvalue weighted by molar-refractivity contribution is -0.115. The number of hydrogen-bond acceptors (Lipinski definition) is 4. The molecule has 1 aliphatic rings. The fourth-order valence-corrected chi connectivity index (χ4v) is 1.36. The normalized spacial score (nSPS) is 13.6. The minimum absolute atomic E-state index is 0.00486. The average Bonchev–Trinajstić information content (AvgIpc) is 2.47. The number of fused-ring (bicyclic) bond motifs is 1. The van der Waals surface area contributed by atoms with E-state index in [-0.39, 0.29) is 24.0 Å². The molecular formula is C8H7N3O3. The molecule has 6 nitrogen and oxygen atoms in total. The van der Waals surface area contributed by atoms with E-state index in [2.05, 4.69) is 10.3 Å². The summed E-state index contributed by atoms with van der Waals surface area (Å²) in [7, 11) is 0. The molecule has 0 saturated heterocycles. The fraction of sp³-hybridized carbons (Fsp3) is 0.250. The number of rotatable bonds is 1. The Morgan fingerprint density at radius 1 is 1.50 bits per heavy atom. The monoisotopic (exact) mass is 193 g/mol. The number of nitrogens with one attached hydrogen (secondary N) is 1. The standard InChI is InChI=1S/C8H7N3O3/c1-4-5(3-12)7(14)11-2-6(13)10-8(11)9-4/h3H,2H2,1H3,(H,9,10,13). The van der Waals surface area contributed by atoms with Gasteiger partial charge in [0.15, 0.2) is 6.29 Å². The summed E-state index contributed by atoms with van der Waals surface area (Å²) in [6, 6.07) is 0. The molecule has 6 heteroatoms. The third-order valence-electron chi connectivity index (χ3n) is 2.07. The number of carbonyl (C=O) groups excluding carboxylic acids is 2. The Kier molecular flexibility index (Phi) is 1.70. The van der Waals surface area contributed by atoms with Crippen molar-refractivity contribution < 1.29 is 9.59 Å². The summed E-state index contributed by atoms with van der Waals surface area (Å²) in [4.78, 5) is 37.0. The first kappa shape index (κ1) is 8.61. The zero-order chi connectivity index (χ0) is 10.3. The highest BCUT2D eigenvalue weighted by Gasteiger charge is 2.22. The quantitative estimate of drug-likeness (QED) is 0.599. The van der Waals surface area contributed by atoms with Gasteiger partial charge in [-0.15, -0.1) is 0 Å². The van der Waals surface area contributed by atoms with Gasteiger partial charge in [-0.25, -0.2) is 4.98 Å². The van der Waals surface area contributed by atoms with Crippen molar-refractivity contribution in [3.05, 3.63) is 21.6 Å². The Bertz CT molecular complexity index is 489. The number of amides is 1. The lowest BCUT2D eigenvalue weighted by atomic mass is 10.2. The van der Waals surface area contributed by atoms with Gasteiger partial charge >= 0.3 is 0 Å². The molecule has 0 spiro atoms. The molecule has 1 aliphatic heterocycles. The maximum atomic E-state index is 11.6. The van der Waals surface area contributed by atoms with Crippen molar-refractivity contribution in [1.29, 1.82) is 0 Å². The van der Waals surface area contributed by atoms with E-state index in [1.54, 1.807) is 6.92 Å². The third kappa shape index (κ3) is 1.04. The van der Waals surface area contributed by atoms with Crippen molar-refractivity contribution in [2.45, 2.75) is 13.5 Å². The Labute approximate surface area is 78.6 Å². The molecule has 0 radical (unpaired) electrons. The van der Waals surface area contributed by atoms with E-state index < -0.39 is 5.56 Å². The highest BCUT2D eigenvalue weighted by atomic mass is 16.2. The van der Waals surface area contributed by atoms with Crippen LogP contribution in [0.2, 0.25) is 0 Å². The first-order valence-corrected chi connectivity index (χ1v) is 4.00. The van der Waals surface area contributed by atoms with E-state index in [1.165, 1.54) is 0 Å². The predicted octanol–water partition coefficient (Wildman–Crippen LogP) is -0.684. The van der Waals surface area contributed by atoms with Gasteiger partial charge in [0.25, 0.3) is 5.56 Å². The van der Waals surface area contributed by atoms with Crippen LogP contribution < -0.4 is 10.9 Å². The molecule has 0 aromatic carbocycles. The summed E-state index contributed by atoms with van der Waals surface area (Å²) in [6.45, 7) is 1.48. The highest BCUT2D eigenvalue weighted by molar-refractivity contribution is 5.92. The SMILES string of the molecule is Cc1nc2n(c(=O)c1C=O)CC(=O)N2. The molecule has 14 heavy (non-hydrogen) atoms.